The lowest BCUT2D eigenvalue weighted by atomic mass is 9.97. The molecule has 12 atom stereocenters. The van der Waals surface area contributed by atoms with Gasteiger partial charge in [-0.1, -0.05) is 219 Å². The predicted molar refractivity (Wildman–Crippen MR) is 268 cm³/mol. The molecule has 402 valence electrons. The van der Waals surface area contributed by atoms with Crippen molar-refractivity contribution in [1.82, 2.24) is 5.32 Å². The second-order valence-electron chi connectivity index (χ2n) is 20.1. The number of carbonyl (C=O) groups is 1. The molecule has 14 heteroatoms. The Balaban J connectivity index is 1.49. The van der Waals surface area contributed by atoms with E-state index in [0.717, 1.165) is 19.3 Å². The number of ether oxygens (including phenoxy) is 4. The zero-order chi connectivity index (χ0) is 49.6. The second kappa shape index (κ2) is 41.2. The van der Waals surface area contributed by atoms with E-state index in [9.17, 15) is 45.6 Å². The smallest absolute Gasteiger partial charge is 0.220 e. The summed E-state index contributed by atoms with van der Waals surface area (Å²) in [4.78, 5) is 12.5. The molecule has 0 aromatic heterocycles. The zero-order valence-electron chi connectivity index (χ0n) is 42.9. The SMILES string of the molecule is CCCCCCCCCCCCCCCCCCCCCCCCCCCCCCCCC/C=C/C(O)C(COC1OC(CO)C(OC2OC(CO)C(O)C(O)C2O)C(O)C1O)NC(=O)CCC. The molecule has 68 heavy (non-hydrogen) atoms. The van der Waals surface area contributed by atoms with Crippen LogP contribution in [0.1, 0.15) is 232 Å². The highest BCUT2D eigenvalue weighted by Crippen LogP contribution is 2.30. The summed E-state index contributed by atoms with van der Waals surface area (Å²) in [6, 6.07) is -0.905. The third-order valence-electron chi connectivity index (χ3n) is 13.9. The van der Waals surface area contributed by atoms with Crippen LogP contribution >= 0.6 is 0 Å². The fourth-order valence-electron chi connectivity index (χ4n) is 9.45. The Hall–Kier alpha value is -1.27. The Bertz CT molecular complexity index is 1200. The van der Waals surface area contributed by atoms with E-state index < -0.39 is 86.8 Å². The summed E-state index contributed by atoms with van der Waals surface area (Å²) in [6.45, 7) is 2.43. The van der Waals surface area contributed by atoms with Crippen LogP contribution in [0.3, 0.4) is 0 Å². The van der Waals surface area contributed by atoms with Crippen LogP contribution < -0.4 is 5.32 Å². The van der Waals surface area contributed by atoms with Crippen molar-refractivity contribution in [1.29, 1.82) is 0 Å². The van der Waals surface area contributed by atoms with Gasteiger partial charge in [0.25, 0.3) is 0 Å². The molecule has 0 saturated carbocycles. The Labute approximate surface area is 412 Å². The minimum atomic E-state index is -1.78. The molecule has 0 radical (unpaired) electrons. The molecule has 14 nitrogen and oxygen atoms in total. The van der Waals surface area contributed by atoms with Crippen molar-refractivity contribution in [3.05, 3.63) is 12.2 Å². The highest BCUT2D eigenvalue weighted by atomic mass is 16.7. The van der Waals surface area contributed by atoms with Gasteiger partial charge < -0.3 is 65.1 Å². The van der Waals surface area contributed by atoms with E-state index in [4.69, 9.17) is 18.9 Å². The van der Waals surface area contributed by atoms with Gasteiger partial charge in [0, 0.05) is 6.42 Å². The Morgan fingerprint density at radius 3 is 1.32 bits per heavy atom. The molecule has 0 aliphatic carbocycles. The minimum Gasteiger partial charge on any atom is -0.394 e. The van der Waals surface area contributed by atoms with Crippen molar-refractivity contribution in [3.8, 4) is 0 Å². The molecule has 0 aromatic rings. The lowest BCUT2D eigenvalue weighted by Crippen LogP contribution is -2.65. The molecular formula is C54H103NO13. The number of rotatable bonds is 44. The van der Waals surface area contributed by atoms with Gasteiger partial charge in [0.1, 0.15) is 48.8 Å². The molecule has 2 aliphatic rings. The maximum atomic E-state index is 12.5. The van der Waals surface area contributed by atoms with Crippen molar-refractivity contribution in [3.63, 3.8) is 0 Å². The lowest BCUT2D eigenvalue weighted by molar-refractivity contribution is -0.359. The van der Waals surface area contributed by atoms with Crippen molar-refractivity contribution in [2.75, 3.05) is 19.8 Å². The number of allylic oxidation sites excluding steroid dienone is 1. The van der Waals surface area contributed by atoms with Crippen molar-refractivity contribution < 1.29 is 64.6 Å². The first-order valence-corrected chi connectivity index (χ1v) is 27.9. The average Bonchev–Trinajstić information content (AvgIpc) is 3.33. The van der Waals surface area contributed by atoms with Crippen LogP contribution in [-0.4, -0.2) is 140 Å². The fraction of sp³-hybridized carbons (Fsp3) is 0.944. The van der Waals surface area contributed by atoms with Crippen LogP contribution in [0.2, 0.25) is 0 Å². The third kappa shape index (κ3) is 27.5. The van der Waals surface area contributed by atoms with Gasteiger partial charge in [-0.3, -0.25) is 4.79 Å². The summed E-state index contributed by atoms with van der Waals surface area (Å²) in [5.74, 6) is -0.291. The maximum Gasteiger partial charge on any atom is 0.220 e. The molecule has 0 bridgehead atoms. The molecule has 12 unspecified atom stereocenters. The van der Waals surface area contributed by atoms with Crippen LogP contribution in [0.25, 0.3) is 0 Å². The first kappa shape index (κ1) is 62.8. The van der Waals surface area contributed by atoms with Gasteiger partial charge >= 0.3 is 0 Å². The number of hydrogen-bond acceptors (Lipinski definition) is 13. The molecule has 2 saturated heterocycles. The van der Waals surface area contributed by atoms with Crippen LogP contribution in [0.5, 0.6) is 0 Å². The van der Waals surface area contributed by atoms with Gasteiger partial charge in [0.05, 0.1) is 32.0 Å². The maximum absolute atomic E-state index is 12.5. The number of aliphatic hydroxyl groups is 8. The Morgan fingerprint density at radius 1 is 0.515 bits per heavy atom. The number of nitrogens with one attached hydrogen (secondary N) is 1. The van der Waals surface area contributed by atoms with Crippen molar-refractivity contribution in [2.24, 2.45) is 0 Å². The highest BCUT2D eigenvalue weighted by molar-refractivity contribution is 5.76. The lowest BCUT2D eigenvalue weighted by Gasteiger charge is -2.46. The molecule has 2 heterocycles. The third-order valence-corrected chi connectivity index (χ3v) is 13.9. The van der Waals surface area contributed by atoms with Gasteiger partial charge in [0.2, 0.25) is 5.91 Å². The number of aliphatic hydroxyl groups excluding tert-OH is 8. The first-order chi connectivity index (χ1) is 33.1. The number of unbranched alkanes of at least 4 members (excludes halogenated alkanes) is 31. The normalized spacial score (nSPS) is 26.4. The molecule has 0 spiro atoms. The van der Waals surface area contributed by atoms with E-state index in [0.29, 0.717) is 6.42 Å². The summed E-state index contributed by atoms with van der Waals surface area (Å²) < 4.78 is 22.4. The Kier molecular flexibility index (Phi) is 38.1. The zero-order valence-corrected chi connectivity index (χ0v) is 42.9. The summed E-state index contributed by atoms with van der Waals surface area (Å²) in [5, 5.41) is 85.8. The van der Waals surface area contributed by atoms with E-state index in [-0.39, 0.29) is 18.9 Å². The highest BCUT2D eigenvalue weighted by Gasteiger charge is 2.51. The largest absolute Gasteiger partial charge is 0.394 e. The Morgan fingerprint density at radius 2 is 0.912 bits per heavy atom. The quantitative estimate of drug-likeness (QED) is 0.0207. The van der Waals surface area contributed by atoms with Crippen molar-refractivity contribution in [2.45, 2.75) is 306 Å². The standard InChI is InChI=1S/C54H103NO13/c1-3-5-6-7-8-9-10-11-12-13-14-15-16-17-18-19-20-21-22-23-24-25-26-27-28-29-30-31-32-33-34-35-36-38-43(58)42(55-46(59)37-4-2)41-65-53-51(64)49(62)52(45(40-57)67-53)68-54-50(63)48(61)47(60)44(39-56)66-54/h36,38,42-45,47-54,56-58,60-64H,3-35,37,39-41H2,1-2H3,(H,55,59)/b38-36+. The monoisotopic (exact) mass is 974 g/mol. The van der Waals surface area contributed by atoms with E-state index in [1.807, 2.05) is 13.0 Å². The topological polar surface area (TPSA) is 228 Å². The summed E-state index contributed by atoms with van der Waals surface area (Å²) >= 11 is 0. The fourth-order valence-corrected chi connectivity index (χ4v) is 9.45. The van der Waals surface area contributed by atoms with Gasteiger partial charge in [-0.15, -0.1) is 0 Å². The molecule has 2 fully saturated rings. The summed E-state index contributed by atoms with van der Waals surface area (Å²) in [6.07, 6.45) is 30.7. The average molecular weight is 974 g/mol. The molecular weight excluding hydrogens is 871 g/mol. The summed E-state index contributed by atoms with van der Waals surface area (Å²) in [7, 11) is 0. The molecule has 2 aliphatic heterocycles. The molecule has 2 rings (SSSR count). The van der Waals surface area contributed by atoms with E-state index in [2.05, 4.69) is 12.2 Å². The summed E-state index contributed by atoms with van der Waals surface area (Å²) in [5.41, 5.74) is 0. The molecule has 1 amide bonds. The van der Waals surface area contributed by atoms with Crippen LogP contribution in [0.4, 0.5) is 0 Å². The van der Waals surface area contributed by atoms with Crippen molar-refractivity contribution >= 4 is 5.91 Å². The predicted octanol–water partition coefficient (Wildman–Crippen LogP) is 8.33. The van der Waals surface area contributed by atoms with Gasteiger partial charge in [0.15, 0.2) is 12.6 Å². The molecule has 0 aromatic carbocycles. The van der Waals surface area contributed by atoms with E-state index in [1.54, 1.807) is 6.08 Å². The first-order valence-electron chi connectivity index (χ1n) is 27.9. The van der Waals surface area contributed by atoms with E-state index >= 15 is 0 Å². The minimum absolute atomic E-state index is 0.234. The van der Waals surface area contributed by atoms with Crippen LogP contribution in [0, 0.1) is 0 Å². The van der Waals surface area contributed by atoms with Crippen LogP contribution in [-0.2, 0) is 23.7 Å². The second-order valence-corrected chi connectivity index (χ2v) is 20.1. The van der Waals surface area contributed by atoms with E-state index in [1.165, 1.54) is 186 Å². The number of carbonyl (C=O) groups excluding carboxylic acids is 1. The van der Waals surface area contributed by atoms with Gasteiger partial charge in [-0.05, 0) is 19.3 Å². The van der Waals surface area contributed by atoms with Crippen LogP contribution in [0.15, 0.2) is 12.2 Å². The molecule has 9 N–H and O–H groups in total. The number of amides is 1. The van der Waals surface area contributed by atoms with Gasteiger partial charge in [-0.25, -0.2) is 0 Å². The number of hydrogen-bond donors (Lipinski definition) is 9. The van der Waals surface area contributed by atoms with Gasteiger partial charge in [-0.2, -0.15) is 0 Å².